The Hall–Kier alpha value is -1.39. The highest BCUT2D eigenvalue weighted by atomic mass is 16.3. The van der Waals surface area contributed by atoms with Crippen molar-refractivity contribution in [1.29, 1.82) is 0 Å². The number of aliphatic hydroxyl groups is 2. The van der Waals surface area contributed by atoms with E-state index in [-0.39, 0.29) is 12.5 Å². The normalized spacial score (nSPS) is 13.5. The topological polar surface area (TPSA) is 69.6 Å². The Labute approximate surface area is 268 Å². The molecule has 0 aliphatic carbocycles. The molecule has 0 aromatic heterocycles. The molecule has 0 heterocycles. The van der Waals surface area contributed by atoms with E-state index in [1.54, 1.807) is 6.08 Å². The van der Waals surface area contributed by atoms with Crippen LogP contribution >= 0.6 is 0 Å². The average molecular weight is 604 g/mol. The molecule has 0 saturated carbocycles. The first kappa shape index (κ1) is 41.6. The molecule has 0 unspecified atom stereocenters. The Morgan fingerprint density at radius 1 is 0.558 bits per heavy atom. The summed E-state index contributed by atoms with van der Waals surface area (Å²) in [7, 11) is 0. The smallest absolute Gasteiger partial charge is 0.220 e. The maximum atomic E-state index is 12.3. The van der Waals surface area contributed by atoms with Gasteiger partial charge in [-0.05, 0) is 51.4 Å². The highest BCUT2D eigenvalue weighted by Gasteiger charge is 2.17. The summed E-state index contributed by atoms with van der Waals surface area (Å²) in [6, 6.07) is -0.627. The fourth-order valence-corrected chi connectivity index (χ4v) is 5.44. The van der Waals surface area contributed by atoms with Gasteiger partial charge in [-0.3, -0.25) is 4.79 Å². The van der Waals surface area contributed by atoms with Crippen LogP contribution in [0.15, 0.2) is 36.5 Å². The third-order valence-corrected chi connectivity index (χ3v) is 8.37. The Balaban J connectivity index is 3.65. The van der Waals surface area contributed by atoms with Crippen molar-refractivity contribution < 1.29 is 15.0 Å². The lowest BCUT2D eigenvalue weighted by Gasteiger charge is -2.20. The van der Waals surface area contributed by atoms with Crippen LogP contribution in [0.1, 0.15) is 187 Å². The summed E-state index contributed by atoms with van der Waals surface area (Å²) < 4.78 is 0. The molecular weight excluding hydrogens is 530 g/mol. The van der Waals surface area contributed by atoms with Crippen molar-refractivity contribution in [1.82, 2.24) is 5.32 Å². The van der Waals surface area contributed by atoms with E-state index in [9.17, 15) is 15.0 Å². The van der Waals surface area contributed by atoms with Gasteiger partial charge in [-0.15, -0.1) is 0 Å². The molecule has 0 aliphatic rings. The minimum absolute atomic E-state index is 0.0795. The maximum Gasteiger partial charge on any atom is 0.220 e. The van der Waals surface area contributed by atoms with Gasteiger partial charge in [-0.1, -0.05) is 166 Å². The minimum atomic E-state index is -0.842. The van der Waals surface area contributed by atoms with Gasteiger partial charge in [0.15, 0.2) is 0 Å². The number of aliphatic hydroxyl groups excluding tert-OH is 2. The second-order valence-electron chi connectivity index (χ2n) is 12.6. The minimum Gasteiger partial charge on any atom is -0.394 e. The van der Waals surface area contributed by atoms with Gasteiger partial charge in [0.25, 0.3) is 0 Å². The summed E-state index contributed by atoms with van der Waals surface area (Å²) in [5.74, 6) is -0.0795. The van der Waals surface area contributed by atoms with E-state index in [2.05, 4.69) is 43.5 Å². The van der Waals surface area contributed by atoms with E-state index in [4.69, 9.17) is 0 Å². The van der Waals surface area contributed by atoms with Crippen LogP contribution in [0.4, 0.5) is 0 Å². The SMILES string of the molecule is CCCCC/C=C/C/C=C/CCCCCCCC(=O)N[C@@H](CO)[C@H](O)/C=C/CCCCCCCCCCCCCCCC. The Bertz CT molecular complexity index is 657. The van der Waals surface area contributed by atoms with Gasteiger partial charge >= 0.3 is 0 Å². The summed E-state index contributed by atoms with van der Waals surface area (Å²) >= 11 is 0. The highest BCUT2D eigenvalue weighted by molar-refractivity contribution is 5.76. The van der Waals surface area contributed by atoms with Crippen molar-refractivity contribution in [3.8, 4) is 0 Å². The van der Waals surface area contributed by atoms with Crippen molar-refractivity contribution in [2.75, 3.05) is 6.61 Å². The van der Waals surface area contributed by atoms with Crippen molar-refractivity contribution >= 4 is 5.91 Å². The largest absolute Gasteiger partial charge is 0.394 e. The van der Waals surface area contributed by atoms with E-state index in [1.807, 2.05) is 6.08 Å². The van der Waals surface area contributed by atoms with Gasteiger partial charge < -0.3 is 15.5 Å². The molecule has 0 aromatic carbocycles. The van der Waals surface area contributed by atoms with E-state index in [1.165, 1.54) is 122 Å². The first-order chi connectivity index (χ1) is 21.2. The van der Waals surface area contributed by atoms with Gasteiger partial charge in [-0.2, -0.15) is 0 Å². The first-order valence-corrected chi connectivity index (χ1v) is 18.7. The van der Waals surface area contributed by atoms with Crippen LogP contribution in [-0.4, -0.2) is 34.9 Å². The quantitative estimate of drug-likeness (QED) is 0.0516. The molecule has 43 heavy (non-hydrogen) atoms. The van der Waals surface area contributed by atoms with E-state index < -0.39 is 12.1 Å². The van der Waals surface area contributed by atoms with E-state index in [0.29, 0.717) is 6.42 Å². The molecule has 2 atom stereocenters. The molecule has 0 aliphatic heterocycles. The molecule has 1 amide bonds. The number of rotatable bonds is 33. The van der Waals surface area contributed by atoms with Crippen molar-refractivity contribution in [2.45, 2.75) is 199 Å². The average Bonchev–Trinajstić information content (AvgIpc) is 3.01. The van der Waals surface area contributed by atoms with Gasteiger partial charge in [0.1, 0.15) is 0 Å². The van der Waals surface area contributed by atoms with Crippen molar-refractivity contribution in [3.05, 3.63) is 36.5 Å². The summed E-state index contributed by atoms with van der Waals surface area (Å²) in [5.41, 5.74) is 0. The Morgan fingerprint density at radius 2 is 0.953 bits per heavy atom. The molecule has 3 N–H and O–H groups in total. The zero-order valence-corrected chi connectivity index (χ0v) is 28.7. The lowest BCUT2D eigenvalue weighted by molar-refractivity contribution is -0.123. The fraction of sp³-hybridized carbons (Fsp3) is 0.821. The molecule has 0 radical (unpaired) electrons. The van der Waals surface area contributed by atoms with E-state index >= 15 is 0 Å². The number of amides is 1. The van der Waals surface area contributed by atoms with Gasteiger partial charge in [0.2, 0.25) is 5.91 Å². The third-order valence-electron chi connectivity index (χ3n) is 8.37. The summed E-state index contributed by atoms with van der Waals surface area (Å²) in [6.45, 7) is 4.26. The molecular formula is C39H73NO3. The summed E-state index contributed by atoms with van der Waals surface area (Å²) in [5, 5.41) is 22.9. The highest BCUT2D eigenvalue weighted by Crippen LogP contribution is 2.14. The lowest BCUT2D eigenvalue weighted by Crippen LogP contribution is -2.45. The van der Waals surface area contributed by atoms with Crippen LogP contribution in [0.3, 0.4) is 0 Å². The molecule has 0 aromatic rings. The molecule has 0 fully saturated rings. The van der Waals surface area contributed by atoms with Gasteiger partial charge in [0, 0.05) is 6.42 Å². The second kappa shape index (κ2) is 35.1. The molecule has 0 rings (SSSR count). The van der Waals surface area contributed by atoms with Crippen LogP contribution in [0.25, 0.3) is 0 Å². The number of carbonyl (C=O) groups is 1. The summed E-state index contributed by atoms with van der Waals surface area (Å²) in [4.78, 5) is 12.3. The number of hydrogen-bond donors (Lipinski definition) is 3. The van der Waals surface area contributed by atoms with Gasteiger partial charge in [-0.25, -0.2) is 0 Å². The standard InChI is InChI=1S/C39H73NO3/c1-3-5-7-9-11-13-15-17-19-21-22-24-26-28-30-32-34-38(42)37(36-41)40-39(43)35-33-31-29-27-25-23-20-18-16-14-12-10-8-6-4-2/h12,14,18,20,32,34,37-38,41-42H,3-11,13,15-17,19,21-31,33,35-36H2,1-2H3,(H,40,43)/b14-12+,20-18+,34-32+/t37-,38+/m0/s1. The zero-order valence-electron chi connectivity index (χ0n) is 28.7. The Kier molecular flexibility index (Phi) is 34.0. The van der Waals surface area contributed by atoms with Crippen molar-refractivity contribution in [3.63, 3.8) is 0 Å². The molecule has 252 valence electrons. The van der Waals surface area contributed by atoms with E-state index in [0.717, 1.165) is 44.9 Å². The van der Waals surface area contributed by atoms with Crippen LogP contribution in [-0.2, 0) is 4.79 Å². The lowest BCUT2D eigenvalue weighted by atomic mass is 10.0. The van der Waals surface area contributed by atoms with Crippen molar-refractivity contribution in [2.24, 2.45) is 0 Å². The number of nitrogens with one attached hydrogen (secondary N) is 1. The molecule has 0 spiro atoms. The summed E-state index contributed by atoms with van der Waals surface area (Å²) in [6.07, 6.45) is 45.1. The van der Waals surface area contributed by atoms with Crippen LogP contribution < -0.4 is 5.32 Å². The number of unbranched alkanes of at least 4 members (excludes halogenated alkanes) is 22. The van der Waals surface area contributed by atoms with Crippen LogP contribution in [0.5, 0.6) is 0 Å². The molecule has 0 bridgehead atoms. The Morgan fingerprint density at radius 3 is 1.44 bits per heavy atom. The third kappa shape index (κ3) is 31.8. The van der Waals surface area contributed by atoms with Crippen LogP contribution in [0.2, 0.25) is 0 Å². The molecule has 4 nitrogen and oxygen atoms in total. The number of allylic oxidation sites excluding steroid dienone is 5. The first-order valence-electron chi connectivity index (χ1n) is 18.7. The second-order valence-corrected chi connectivity index (χ2v) is 12.6. The fourth-order valence-electron chi connectivity index (χ4n) is 5.44. The maximum absolute atomic E-state index is 12.3. The van der Waals surface area contributed by atoms with Crippen LogP contribution in [0, 0.1) is 0 Å². The van der Waals surface area contributed by atoms with Gasteiger partial charge in [0.05, 0.1) is 18.8 Å². The molecule has 4 heteroatoms. The predicted octanol–water partition coefficient (Wildman–Crippen LogP) is 11.1. The number of hydrogen-bond acceptors (Lipinski definition) is 3. The zero-order chi connectivity index (χ0) is 31.5. The predicted molar refractivity (Wildman–Crippen MR) is 188 cm³/mol. The number of carbonyl (C=O) groups excluding carboxylic acids is 1. The monoisotopic (exact) mass is 604 g/mol. The molecule has 0 saturated heterocycles.